The summed E-state index contributed by atoms with van der Waals surface area (Å²) in [5.74, 6) is 0.271. The first kappa shape index (κ1) is 22.2. The lowest BCUT2D eigenvalue weighted by atomic mass is 9.83. The van der Waals surface area contributed by atoms with Gasteiger partial charge in [0.05, 0.1) is 0 Å². The normalized spacial score (nSPS) is 14.2. The van der Waals surface area contributed by atoms with E-state index in [-0.39, 0.29) is 11.7 Å². The fraction of sp³-hybridized carbons (Fsp3) is 0.222. The van der Waals surface area contributed by atoms with Crippen molar-refractivity contribution in [3.63, 3.8) is 0 Å². The van der Waals surface area contributed by atoms with Crippen LogP contribution in [-0.2, 0) is 0 Å². The molecule has 0 saturated heterocycles. The van der Waals surface area contributed by atoms with E-state index in [2.05, 4.69) is 36.2 Å². The van der Waals surface area contributed by atoms with Crippen molar-refractivity contribution in [3.8, 4) is 0 Å². The molecule has 1 unspecified atom stereocenters. The van der Waals surface area contributed by atoms with Gasteiger partial charge in [-0.1, -0.05) is 94.9 Å². The van der Waals surface area contributed by atoms with E-state index in [0.29, 0.717) is 5.56 Å². The summed E-state index contributed by atoms with van der Waals surface area (Å²) in [6, 6.07) is 25.7. The highest BCUT2D eigenvalue weighted by Crippen LogP contribution is 2.40. The Hall–Kier alpha value is -3.13. The van der Waals surface area contributed by atoms with E-state index in [0.717, 1.165) is 28.9 Å². The van der Waals surface area contributed by atoms with Gasteiger partial charge in [0.1, 0.15) is 0 Å². The Morgan fingerprint density at radius 2 is 1.41 bits per heavy atom. The molecule has 0 aromatic heterocycles. The Balaban J connectivity index is 0.000000707. The highest BCUT2D eigenvalue weighted by Gasteiger charge is 2.25. The topological polar surface area (TPSA) is 29.1 Å². The molecule has 0 amide bonds. The molecule has 1 aliphatic rings. The zero-order chi connectivity index (χ0) is 21.2. The van der Waals surface area contributed by atoms with E-state index in [1.165, 1.54) is 5.56 Å². The molecular formula is C27H31NO. The summed E-state index contributed by atoms with van der Waals surface area (Å²) in [5, 5.41) is 3.36. The molecule has 3 aromatic rings. The quantitative estimate of drug-likeness (QED) is 0.475. The lowest BCUT2D eigenvalue weighted by molar-refractivity contribution is 0.103. The fourth-order valence-electron chi connectivity index (χ4n) is 3.44. The van der Waals surface area contributed by atoms with Crippen LogP contribution in [0.2, 0.25) is 0 Å². The van der Waals surface area contributed by atoms with Crippen molar-refractivity contribution in [1.29, 1.82) is 0 Å². The molecule has 0 fully saturated rings. The number of nitrogens with one attached hydrogen (secondary N) is 1. The number of carbonyl (C=O) groups excluding carboxylic acids is 1. The molecular weight excluding hydrogens is 354 g/mol. The second kappa shape index (κ2) is 11.0. The number of anilines is 1. The van der Waals surface area contributed by atoms with Crippen LogP contribution in [0.3, 0.4) is 0 Å². The van der Waals surface area contributed by atoms with Crippen molar-refractivity contribution in [2.24, 2.45) is 0 Å². The molecule has 0 spiro atoms. The van der Waals surface area contributed by atoms with Crippen molar-refractivity contribution < 1.29 is 4.79 Å². The SMILES string of the molecule is C=C1CC(c2ccccc2)c2cc(C(=O)c3ccccc3)ccc2N1.CC.CC. The zero-order valence-electron chi connectivity index (χ0n) is 17.9. The Morgan fingerprint density at radius 3 is 2.03 bits per heavy atom. The van der Waals surface area contributed by atoms with Gasteiger partial charge >= 0.3 is 0 Å². The molecule has 0 saturated carbocycles. The van der Waals surface area contributed by atoms with E-state index in [1.807, 2.05) is 82.3 Å². The average Bonchev–Trinajstić information content (AvgIpc) is 2.81. The molecule has 0 radical (unpaired) electrons. The average molecular weight is 386 g/mol. The molecule has 2 heteroatoms. The molecule has 29 heavy (non-hydrogen) atoms. The van der Waals surface area contributed by atoms with E-state index in [9.17, 15) is 4.79 Å². The fourth-order valence-corrected chi connectivity index (χ4v) is 3.44. The number of carbonyl (C=O) groups is 1. The summed E-state index contributed by atoms with van der Waals surface area (Å²) in [4.78, 5) is 12.8. The van der Waals surface area contributed by atoms with E-state index in [1.54, 1.807) is 0 Å². The molecule has 0 aliphatic carbocycles. The van der Waals surface area contributed by atoms with Gasteiger partial charge < -0.3 is 5.32 Å². The maximum absolute atomic E-state index is 12.8. The van der Waals surface area contributed by atoms with Crippen LogP contribution >= 0.6 is 0 Å². The molecule has 1 N–H and O–H groups in total. The Bertz CT molecular complexity index is 929. The monoisotopic (exact) mass is 385 g/mol. The molecule has 1 heterocycles. The summed E-state index contributed by atoms with van der Waals surface area (Å²) >= 11 is 0. The van der Waals surface area contributed by atoms with Gasteiger partial charge in [0.25, 0.3) is 0 Å². The first-order valence-corrected chi connectivity index (χ1v) is 10.5. The maximum Gasteiger partial charge on any atom is 0.193 e. The summed E-state index contributed by atoms with van der Waals surface area (Å²) in [6.07, 6.45) is 0.833. The lowest BCUT2D eigenvalue weighted by Crippen LogP contribution is -2.16. The number of rotatable bonds is 3. The van der Waals surface area contributed by atoms with Gasteiger partial charge in [-0.25, -0.2) is 0 Å². The third-order valence-corrected chi connectivity index (χ3v) is 4.69. The number of ketones is 1. The van der Waals surface area contributed by atoms with Gasteiger partial charge in [0, 0.05) is 28.4 Å². The third kappa shape index (κ3) is 5.23. The molecule has 1 aliphatic heterocycles. The second-order valence-corrected chi connectivity index (χ2v) is 6.39. The predicted octanol–water partition coefficient (Wildman–Crippen LogP) is 7.43. The maximum atomic E-state index is 12.8. The van der Waals surface area contributed by atoms with Crippen molar-refractivity contribution in [1.82, 2.24) is 0 Å². The van der Waals surface area contributed by atoms with Crippen LogP contribution in [0.1, 0.15) is 67.1 Å². The van der Waals surface area contributed by atoms with Crippen LogP contribution in [0, 0.1) is 0 Å². The van der Waals surface area contributed by atoms with Crippen molar-refractivity contribution in [2.45, 2.75) is 40.0 Å². The predicted molar refractivity (Wildman–Crippen MR) is 125 cm³/mol. The number of allylic oxidation sites excluding steroid dienone is 1. The Kier molecular flexibility index (Phi) is 8.42. The largest absolute Gasteiger partial charge is 0.359 e. The van der Waals surface area contributed by atoms with Crippen LogP contribution in [0.25, 0.3) is 0 Å². The summed E-state index contributed by atoms with van der Waals surface area (Å²) < 4.78 is 0. The number of benzene rings is 3. The van der Waals surface area contributed by atoms with E-state index in [4.69, 9.17) is 0 Å². The first-order chi connectivity index (χ1) is 14.2. The van der Waals surface area contributed by atoms with Crippen LogP contribution in [0.4, 0.5) is 5.69 Å². The molecule has 1 atom stereocenters. The molecule has 2 nitrogen and oxygen atoms in total. The van der Waals surface area contributed by atoms with Gasteiger partial charge in [0.15, 0.2) is 5.78 Å². The van der Waals surface area contributed by atoms with Gasteiger partial charge in [0.2, 0.25) is 0 Å². The van der Waals surface area contributed by atoms with E-state index >= 15 is 0 Å². The molecule has 0 bridgehead atoms. The van der Waals surface area contributed by atoms with Gasteiger partial charge in [-0.2, -0.15) is 0 Å². The van der Waals surface area contributed by atoms with Gasteiger partial charge in [-0.3, -0.25) is 4.79 Å². The Morgan fingerprint density at radius 1 is 0.828 bits per heavy atom. The van der Waals surface area contributed by atoms with Gasteiger partial charge in [-0.15, -0.1) is 0 Å². The second-order valence-electron chi connectivity index (χ2n) is 6.39. The standard InChI is InChI=1S/C23H19NO.2C2H6/c1-16-14-20(17-8-4-2-5-9-17)21-15-19(12-13-22(21)24-16)23(25)18-10-6-3-7-11-18;2*1-2/h2-13,15,20,24H,1,14H2;2*1-2H3. The number of hydrogen-bond donors (Lipinski definition) is 1. The van der Waals surface area contributed by atoms with Gasteiger partial charge in [-0.05, 0) is 35.7 Å². The first-order valence-electron chi connectivity index (χ1n) is 10.5. The highest BCUT2D eigenvalue weighted by atomic mass is 16.1. The van der Waals surface area contributed by atoms with Crippen LogP contribution in [0.5, 0.6) is 0 Å². The number of hydrogen-bond acceptors (Lipinski definition) is 2. The summed E-state index contributed by atoms with van der Waals surface area (Å²) in [6.45, 7) is 12.1. The molecule has 150 valence electrons. The minimum atomic E-state index is 0.0552. The lowest BCUT2D eigenvalue weighted by Gasteiger charge is -2.29. The molecule has 3 aromatic carbocycles. The van der Waals surface area contributed by atoms with Crippen LogP contribution in [-0.4, -0.2) is 5.78 Å². The van der Waals surface area contributed by atoms with Crippen molar-refractivity contribution in [3.05, 3.63) is 113 Å². The third-order valence-electron chi connectivity index (χ3n) is 4.69. The van der Waals surface area contributed by atoms with E-state index < -0.39 is 0 Å². The van der Waals surface area contributed by atoms with Crippen molar-refractivity contribution >= 4 is 11.5 Å². The minimum absolute atomic E-state index is 0.0552. The van der Waals surface area contributed by atoms with Crippen LogP contribution in [0.15, 0.2) is 91.1 Å². The number of fused-ring (bicyclic) bond motifs is 1. The highest BCUT2D eigenvalue weighted by molar-refractivity contribution is 6.09. The molecule has 4 rings (SSSR count). The minimum Gasteiger partial charge on any atom is -0.359 e. The Labute approximate surface area is 175 Å². The van der Waals surface area contributed by atoms with Crippen molar-refractivity contribution in [2.75, 3.05) is 5.32 Å². The van der Waals surface area contributed by atoms with Crippen LogP contribution < -0.4 is 5.32 Å². The zero-order valence-corrected chi connectivity index (χ0v) is 17.9. The summed E-state index contributed by atoms with van der Waals surface area (Å²) in [7, 11) is 0. The smallest absolute Gasteiger partial charge is 0.193 e. The summed E-state index contributed by atoms with van der Waals surface area (Å²) in [5.41, 5.74) is 5.88.